The van der Waals surface area contributed by atoms with Gasteiger partial charge in [-0.05, 0) is 102 Å². The Hall–Kier alpha value is -2.55. The number of carbonyl (C=O) groups excluding carboxylic acids is 2. The number of carbonyl (C=O) groups is 2. The fourth-order valence-corrected chi connectivity index (χ4v) is 10.5. The number of allylic oxidation sites excluding steroid dienone is 11. The lowest BCUT2D eigenvalue weighted by Gasteiger charge is -2.27. The molecular formula is C71H132N2O7P+. The van der Waals surface area contributed by atoms with E-state index in [0.29, 0.717) is 17.4 Å². The number of ether oxygens (including phenoxy) is 1. The highest BCUT2D eigenvalue weighted by atomic mass is 31.2. The SMILES string of the molecule is CCCCC/C=C\C/C=C\C/C=C\C/C=C\CCCCCCCCCCCCCC(=O)OC(/C=C\CCCCCCCCCCC)C(COP(=O)(O)OCC[N+](C)(C)C)NC(=O)CCCCCCCCC/C=C/CCCCCCCC. The molecule has 0 fully saturated rings. The Bertz CT molecular complexity index is 1620. The zero-order valence-corrected chi connectivity index (χ0v) is 54.9. The molecule has 3 atom stereocenters. The van der Waals surface area contributed by atoms with Crippen LogP contribution in [0.5, 0.6) is 0 Å². The van der Waals surface area contributed by atoms with Gasteiger partial charge in [0.05, 0.1) is 33.8 Å². The average molecular weight is 1160 g/mol. The number of nitrogens with zero attached hydrogens (tertiary/aromatic N) is 1. The summed E-state index contributed by atoms with van der Waals surface area (Å²) in [6.07, 6.45) is 79.1. The average Bonchev–Trinajstić information content (AvgIpc) is 3.44. The molecule has 0 heterocycles. The monoisotopic (exact) mass is 1160 g/mol. The van der Waals surface area contributed by atoms with Gasteiger partial charge in [-0.15, -0.1) is 0 Å². The molecule has 10 heteroatoms. The molecule has 0 aliphatic heterocycles. The molecule has 0 aliphatic rings. The van der Waals surface area contributed by atoms with E-state index >= 15 is 0 Å². The number of esters is 1. The molecule has 9 nitrogen and oxygen atoms in total. The molecule has 3 unspecified atom stereocenters. The minimum absolute atomic E-state index is 0.0377. The summed E-state index contributed by atoms with van der Waals surface area (Å²) in [4.78, 5) is 37.8. The maximum atomic E-state index is 13.6. The summed E-state index contributed by atoms with van der Waals surface area (Å²) in [5, 5.41) is 3.06. The smallest absolute Gasteiger partial charge is 0.456 e. The summed E-state index contributed by atoms with van der Waals surface area (Å²) in [7, 11) is 1.49. The van der Waals surface area contributed by atoms with E-state index in [1.807, 2.05) is 33.3 Å². The largest absolute Gasteiger partial charge is 0.472 e. The van der Waals surface area contributed by atoms with Crippen molar-refractivity contribution in [1.82, 2.24) is 5.32 Å². The number of phosphoric acid groups is 1. The summed E-state index contributed by atoms with van der Waals surface area (Å²) in [6.45, 7) is 6.99. The number of quaternary nitrogens is 1. The predicted molar refractivity (Wildman–Crippen MR) is 351 cm³/mol. The fourth-order valence-electron chi connectivity index (χ4n) is 9.80. The van der Waals surface area contributed by atoms with Gasteiger partial charge in [-0.25, -0.2) is 4.57 Å². The van der Waals surface area contributed by atoms with Crippen molar-refractivity contribution in [2.75, 3.05) is 40.9 Å². The van der Waals surface area contributed by atoms with Gasteiger partial charge < -0.3 is 19.4 Å². The van der Waals surface area contributed by atoms with E-state index in [1.54, 1.807) is 0 Å². The molecule has 1 amide bonds. The Morgan fingerprint density at radius 3 is 1.16 bits per heavy atom. The Kier molecular flexibility index (Phi) is 58.7. The molecule has 0 aromatic heterocycles. The zero-order valence-electron chi connectivity index (χ0n) is 54.0. The van der Waals surface area contributed by atoms with Crippen molar-refractivity contribution in [2.45, 2.75) is 328 Å². The number of amides is 1. The molecule has 0 spiro atoms. The Morgan fingerprint density at radius 1 is 0.432 bits per heavy atom. The maximum Gasteiger partial charge on any atom is 0.472 e. The number of likely N-dealkylation sites (N-methyl/N-ethyl adjacent to an activating group) is 1. The number of unbranched alkanes of at least 4 members (excludes halogenated alkanes) is 36. The highest BCUT2D eigenvalue weighted by molar-refractivity contribution is 7.47. The molecule has 81 heavy (non-hydrogen) atoms. The van der Waals surface area contributed by atoms with E-state index < -0.39 is 20.0 Å². The molecule has 0 aromatic rings. The molecule has 0 radical (unpaired) electrons. The first-order chi connectivity index (χ1) is 39.4. The van der Waals surface area contributed by atoms with Crippen LogP contribution in [0.15, 0.2) is 72.9 Å². The van der Waals surface area contributed by atoms with Gasteiger partial charge in [0, 0.05) is 12.8 Å². The Labute approximate surface area is 502 Å². The lowest BCUT2D eigenvalue weighted by molar-refractivity contribution is -0.870. The molecule has 0 saturated carbocycles. The quantitative estimate of drug-likeness (QED) is 0.0205. The number of nitrogens with one attached hydrogen (secondary N) is 1. The van der Waals surface area contributed by atoms with Crippen LogP contribution in [0.2, 0.25) is 0 Å². The summed E-state index contributed by atoms with van der Waals surface area (Å²) in [5.41, 5.74) is 0. The second-order valence-electron chi connectivity index (χ2n) is 24.3. The normalized spacial score (nSPS) is 14.0. The van der Waals surface area contributed by atoms with Crippen molar-refractivity contribution < 1.29 is 37.3 Å². The van der Waals surface area contributed by atoms with Crippen molar-refractivity contribution >= 4 is 19.7 Å². The highest BCUT2D eigenvalue weighted by Crippen LogP contribution is 2.43. The van der Waals surface area contributed by atoms with E-state index in [0.717, 1.165) is 89.9 Å². The second kappa shape index (κ2) is 60.6. The van der Waals surface area contributed by atoms with Crippen LogP contribution in [0.3, 0.4) is 0 Å². The Morgan fingerprint density at radius 2 is 0.753 bits per heavy atom. The number of phosphoric ester groups is 1. The molecule has 2 N–H and O–H groups in total. The third-order valence-corrected chi connectivity index (χ3v) is 16.1. The highest BCUT2D eigenvalue weighted by Gasteiger charge is 2.30. The molecule has 0 bridgehead atoms. The van der Waals surface area contributed by atoms with Crippen LogP contribution in [-0.4, -0.2) is 74.3 Å². The van der Waals surface area contributed by atoms with Crippen LogP contribution in [-0.2, 0) is 27.9 Å². The van der Waals surface area contributed by atoms with Gasteiger partial charge in [0.25, 0.3) is 0 Å². The molecule has 0 aromatic carbocycles. The summed E-state index contributed by atoms with van der Waals surface area (Å²) >= 11 is 0. The van der Waals surface area contributed by atoms with E-state index in [1.165, 1.54) is 193 Å². The topological polar surface area (TPSA) is 111 Å². The first-order valence-electron chi connectivity index (χ1n) is 34.3. The molecule has 0 rings (SSSR count). The van der Waals surface area contributed by atoms with Crippen LogP contribution >= 0.6 is 7.82 Å². The van der Waals surface area contributed by atoms with Gasteiger partial charge in [0.2, 0.25) is 5.91 Å². The third kappa shape index (κ3) is 61.8. The minimum atomic E-state index is -4.45. The van der Waals surface area contributed by atoms with Gasteiger partial charge in [-0.2, -0.15) is 0 Å². The first-order valence-corrected chi connectivity index (χ1v) is 35.8. The summed E-state index contributed by atoms with van der Waals surface area (Å²) in [6, 6.07) is -0.854. The van der Waals surface area contributed by atoms with Crippen LogP contribution in [0.1, 0.15) is 316 Å². The maximum absolute atomic E-state index is 13.6. The first kappa shape index (κ1) is 78.5. The van der Waals surface area contributed by atoms with Gasteiger partial charge in [-0.1, -0.05) is 274 Å². The lowest BCUT2D eigenvalue weighted by atomic mass is 10.0. The predicted octanol–water partition coefficient (Wildman–Crippen LogP) is 21.6. The van der Waals surface area contributed by atoms with Gasteiger partial charge in [0.15, 0.2) is 0 Å². The number of hydrogen-bond acceptors (Lipinski definition) is 6. The van der Waals surface area contributed by atoms with Gasteiger partial charge >= 0.3 is 13.8 Å². The van der Waals surface area contributed by atoms with Crippen LogP contribution in [0.4, 0.5) is 0 Å². The molecule has 0 aliphatic carbocycles. The zero-order chi connectivity index (χ0) is 59.3. The van der Waals surface area contributed by atoms with Crippen molar-refractivity contribution in [2.24, 2.45) is 0 Å². The molecule has 0 saturated heterocycles. The van der Waals surface area contributed by atoms with Crippen LogP contribution < -0.4 is 5.32 Å². The van der Waals surface area contributed by atoms with Gasteiger partial charge in [-0.3, -0.25) is 18.6 Å². The summed E-state index contributed by atoms with van der Waals surface area (Å²) in [5.74, 6) is -0.507. The van der Waals surface area contributed by atoms with E-state index in [-0.39, 0.29) is 31.5 Å². The van der Waals surface area contributed by atoms with Crippen LogP contribution in [0.25, 0.3) is 0 Å². The standard InChI is InChI=1S/C71H131N2O7P/c1-7-10-13-16-19-22-25-27-29-31-32-33-34-35-36-37-38-39-40-42-44-46-49-52-55-58-61-64-71(75)80-69(62-59-56-53-50-47-24-21-18-15-12-9-3)68(67-79-81(76,77)78-66-65-73(4,5)6)72-70(74)63-60-57-54-51-48-45-43-41-30-28-26-23-20-17-14-11-8-2/h19,22,27-30,32-33,35-36,59,62,68-69H,7-18,20-21,23-26,31,34,37-58,60-61,63-67H2,1-6H3,(H-,72,74,76,77)/p+1/b22-19-,29-27-,30-28+,33-32-,36-35-,62-59-. The van der Waals surface area contributed by atoms with E-state index in [4.69, 9.17) is 13.8 Å². The Balaban J connectivity index is 5.04. The van der Waals surface area contributed by atoms with Gasteiger partial charge in [0.1, 0.15) is 19.3 Å². The second-order valence-corrected chi connectivity index (χ2v) is 25.8. The molecular weight excluding hydrogens is 1020 g/mol. The van der Waals surface area contributed by atoms with Crippen molar-refractivity contribution in [3.8, 4) is 0 Å². The van der Waals surface area contributed by atoms with E-state index in [2.05, 4.69) is 86.8 Å². The van der Waals surface area contributed by atoms with Crippen molar-refractivity contribution in [3.05, 3.63) is 72.9 Å². The van der Waals surface area contributed by atoms with E-state index in [9.17, 15) is 19.0 Å². The van der Waals surface area contributed by atoms with Crippen molar-refractivity contribution in [1.29, 1.82) is 0 Å². The molecule has 472 valence electrons. The van der Waals surface area contributed by atoms with Crippen molar-refractivity contribution in [3.63, 3.8) is 0 Å². The third-order valence-electron chi connectivity index (χ3n) is 15.1. The minimum Gasteiger partial charge on any atom is -0.456 e. The fraction of sp³-hybridized carbons (Fsp3) is 0.803. The number of hydrogen-bond donors (Lipinski definition) is 2. The number of rotatable bonds is 62. The summed E-state index contributed by atoms with van der Waals surface area (Å²) < 4.78 is 30.8. The lowest BCUT2D eigenvalue weighted by Crippen LogP contribution is -2.47. The van der Waals surface area contributed by atoms with Crippen LogP contribution in [0, 0.1) is 0 Å².